The summed E-state index contributed by atoms with van der Waals surface area (Å²) in [5, 5.41) is 0. The maximum Gasteiger partial charge on any atom is 0.251 e. The van der Waals surface area contributed by atoms with Crippen molar-refractivity contribution in [3.05, 3.63) is 18.5 Å². The van der Waals surface area contributed by atoms with Crippen LogP contribution in [0.3, 0.4) is 0 Å². The van der Waals surface area contributed by atoms with Crippen LogP contribution in [0.15, 0.2) is 18.5 Å². The topological polar surface area (TPSA) is 49.3 Å². The van der Waals surface area contributed by atoms with Crippen LogP contribution in [0, 0.1) is 5.92 Å². The number of alkyl halides is 2. The van der Waals surface area contributed by atoms with E-state index in [9.17, 15) is 13.6 Å². The molecule has 0 aliphatic carbocycles. The third-order valence-electron chi connectivity index (χ3n) is 4.18. The van der Waals surface area contributed by atoms with E-state index in [4.69, 9.17) is 0 Å². The van der Waals surface area contributed by atoms with Crippen molar-refractivity contribution in [1.82, 2.24) is 14.9 Å². The molecule has 2 aliphatic rings. The van der Waals surface area contributed by atoms with Crippen molar-refractivity contribution in [2.24, 2.45) is 5.92 Å². The fourth-order valence-electron chi connectivity index (χ4n) is 2.91. The molecule has 0 bridgehead atoms. The molecule has 2 fully saturated rings. The molecule has 114 valence electrons. The Morgan fingerprint density at radius 3 is 2.52 bits per heavy atom. The van der Waals surface area contributed by atoms with E-state index in [1.165, 1.54) is 0 Å². The molecule has 1 amide bonds. The quantitative estimate of drug-likeness (QED) is 0.831. The molecule has 0 N–H and O–H groups in total. The zero-order valence-electron chi connectivity index (χ0n) is 11.7. The average molecular weight is 296 g/mol. The van der Waals surface area contributed by atoms with E-state index >= 15 is 0 Å². The molecule has 5 nitrogen and oxygen atoms in total. The summed E-state index contributed by atoms with van der Waals surface area (Å²) in [6.07, 6.45) is 3.62. The number of hydrogen-bond acceptors (Lipinski definition) is 4. The van der Waals surface area contributed by atoms with Gasteiger partial charge < -0.3 is 9.80 Å². The molecule has 0 radical (unpaired) electrons. The Balaban J connectivity index is 1.58. The second-order valence-electron chi connectivity index (χ2n) is 5.66. The zero-order chi connectivity index (χ0) is 14.9. The molecule has 7 heteroatoms. The summed E-state index contributed by atoms with van der Waals surface area (Å²) >= 11 is 0. The number of halogens is 2. The molecule has 1 unspecified atom stereocenters. The molecule has 2 aliphatic heterocycles. The van der Waals surface area contributed by atoms with Crippen molar-refractivity contribution in [3.63, 3.8) is 0 Å². The fraction of sp³-hybridized carbons (Fsp3) is 0.643. The van der Waals surface area contributed by atoms with Gasteiger partial charge in [-0.25, -0.2) is 18.7 Å². The van der Waals surface area contributed by atoms with Gasteiger partial charge in [-0.2, -0.15) is 0 Å². The van der Waals surface area contributed by atoms with E-state index in [-0.39, 0.29) is 37.8 Å². The lowest BCUT2D eigenvalue weighted by Gasteiger charge is -2.33. The van der Waals surface area contributed by atoms with Crippen molar-refractivity contribution in [3.8, 4) is 0 Å². The Labute approximate surface area is 122 Å². The maximum atomic E-state index is 13.1. The Bertz CT molecular complexity index is 501. The van der Waals surface area contributed by atoms with Gasteiger partial charge in [0, 0.05) is 51.4 Å². The maximum absolute atomic E-state index is 13.1. The van der Waals surface area contributed by atoms with Gasteiger partial charge in [0.05, 0.1) is 5.92 Å². The van der Waals surface area contributed by atoms with Crippen molar-refractivity contribution >= 4 is 11.9 Å². The first kappa shape index (κ1) is 14.2. The lowest BCUT2D eigenvalue weighted by Crippen LogP contribution is -2.45. The average Bonchev–Trinajstić information content (AvgIpc) is 2.97. The van der Waals surface area contributed by atoms with Crippen LogP contribution in [0.25, 0.3) is 0 Å². The molecule has 0 aromatic carbocycles. The number of rotatable bonds is 2. The van der Waals surface area contributed by atoms with Crippen LogP contribution in [-0.4, -0.2) is 52.9 Å². The summed E-state index contributed by atoms with van der Waals surface area (Å²) in [6.45, 7) is 1.61. The van der Waals surface area contributed by atoms with Crippen LogP contribution in [0.4, 0.5) is 14.7 Å². The fourth-order valence-corrected chi connectivity index (χ4v) is 2.91. The minimum Gasteiger partial charge on any atom is -0.342 e. The van der Waals surface area contributed by atoms with E-state index in [0.717, 1.165) is 13.0 Å². The summed E-state index contributed by atoms with van der Waals surface area (Å²) in [5.74, 6) is -2.14. The second-order valence-corrected chi connectivity index (χ2v) is 5.66. The predicted molar refractivity (Wildman–Crippen MR) is 73.1 cm³/mol. The van der Waals surface area contributed by atoms with Gasteiger partial charge in [0.2, 0.25) is 11.9 Å². The highest BCUT2D eigenvalue weighted by atomic mass is 19.3. The number of amides is 1. The number of piperidine rings is 1. The monoisotopic (exact) mass is 296 g/mol. The number of nitrogens with zero attached hydrogens (tertiary/aromatic N) is 4. The first-order valence-electron chi connectivity index (χ1n) is 7.24. The normalized spacial score (nSPS) is 25.1. The van der Waals surface area contributed by atoms with E-state index in [2.05, 4.69) is 9.97 Å². The van der Waals surface area contributed by atoms with Gasteiger partial charge in [0.15, 0.2) is 0 Å². The van der Waals surface area contributed by atoms with E-state index in [1.807, 2.05) is 4.90 Å². The third kappa shape index (κ3) is 3.11. The lowest BCUT2D eigenvalue weighted by atomic mass is 10.0. The highest BCUT2D eigenvalue weighted by Gasteiger charge is 2.39. The minimum atomic E-state index is -2.61. The van der Waals surface area contributed by atoms with Gasteiger partial charge in [-0.05, 0) is 12.5 Å². The molecule has 0 saturated carbocycles. The predicted octanol–water partition coefficient (Wildman–Crippen LogP) is 1.56. The Hall–Kier alpha value is -1.79. The Morgan fingerprint density at radius 2 is 1.86 bits per heavy atom. The molecular weight excluding hydrogens is 278 g/mol. The molecule has 1 aromatic rings. The minimum absolute atomic E-state index is 0.0102. The number of hydrogen-bond donors (Lipinski definition) is 0. The van der Waals surface area contributed by atoms with Gasteiger partial charge >= 0.3 is 0 Å². The first-order valence-corrected chi connectivity index (χ1v) is 7.24. The summed E-state index contributed by atoms with van der Waals surface area (Å²) in [7, 11) is 0. The zero-order valence-corrected chi connectivity index (χ0v) is 11.7. The number of anilines is 1. The Kier molecular flexibility index (Phi) is 3.73. The standard InChI is InChI=1S/C14H18F2N4O/c15-14(16)3-8-19(9-4-14)12(21)11-2-7-20(10-11)13-17-5-1-6-18-13/h1,5-6,11H,2-4,7-10H2. The van der Waals surface area contributed by atoms with Gasteiger partial charge in [-0.15, -0.1) is 0 Å². The van der Waals surface area contributed by atoms with Crippen LogP contribution in [0.2, 0.25) is 0 Å². The van der Waals surface area contributed by atoms with Gasteiger partial charge in [-0.3, -0.25) is 4.79 Å². The molecular formula is C14H18F2N4O. The van der Waals surface area contributed by atoms with Crippen LogP contribution in [0.1, 0.15) is 19.3 Å². The van der Waals surface area contributed by atoms with Gasteiger partial charge in [-0.1, -0.05) is 0 Å². The summed E-state index contributed by atoms with van der Waals surface area (Å²) < 4.78 is 26.3. The van der Waals surface area contributed by atoms with E-state index in [0.29, 0.717) is 12.5 Å². The van der Waals surface area contributed by atoms with Gasteiger partial charge in [0.25, 0.3) is 5.92 Å². The number of carbonyl (C=O) groups excluding carboxylic acids is 1. The smallest absolute Gasteiger partial charge is 0.251 e. The molecule has 3 heterocycles. The van der Waals surface area contributed by atoms with Gasteiger partial charge in [0.1, 0.15) is 0 Å². The molecule has 1 atom stereocenters. The molecule has 21 heavy (non-hydrogen) atoms. The van der Waals surface area contributed by atoms with E-state index in [1.54, 1.807) is 23.4 Å². The van der Waals surface area contributed by atoms with Crippen LogP contribution < -0.4 is 4.90 Å². The lowest BCUT2D eigenvalue weighted by molar-refractivity contribution is -0.140. The number of likely N-dealkylation sites (tertiary alicyclic amines) is 1. The molecule has 3 rings (SSSR count). The van der Waals surface area contributed by atoms with E-state index < -0.39 is 5.92 Å². The van der Waals surface area contributed by atoms with Crippen molar-refractivity contribution in [2.45, 2.75) is 25.2 Å². The molecule has 2 saturated heterocycles. The second kappa shape index (κ2) is 5.54. The van der Waals surface area contributed by atoms with Crippen LogP contribution in [0.5, 0.6) is 0 Å². The van der Waals surface area contributed by atoms with Crippen molar-refractivity contribution in [1.29, 1.82) is 0 Å². The first-order chi connectivity index (χ1) is 10.1. The summed E-state index contributed by atoms with van der Waals surface area (Å²) in [5.41, 5.74) is 0. The number of aromatic nitrogens is 2. The largest absolute Gasteiger partial charge is 0.342 e. The Morgan fingerprint density at radius 1 is 1.19 bits per heavy atom. The molecule has 1 aromatic heterocycles. The number of carbonyl (C=O) groups is 1. The summed E-state index contributed by atoms with van der Waals surface area (Å²) in [4.78, 5) is 24.3. The van der Waals surface area contributed by atoms with Crippen molar-refractivity contribution < 1.29 is 13.6 Å². The third-order valence-corrected chi connectivity index (χ3v) is 4.18. The molecule has 0 spiro atoms. The van der Waals surface area contributed by atoms with Crippen LogP contribution in [-0.2, 0) is 4.79 Å². The van der Waals surface area contributed by atoms with Crippen molar-refractivity contribution in [2.75, 3.05) is 31.1 Å². The highest BCUT2D eigenvalue weighted by Crippen LogP contribution is 2.30. The SMILES string of the molecule is O=C(C1CCN(c2ncccn2)C1)N1CCC(F)(F)CC1. The summed E-state index contributed by atoms with van der Waals surface area (Å²) in [6, 6.07) is 1.75. The van der Waals surface area contributed by atoms with Crippen LogP contribution >= 0.6 is 0 Å². The highest BCUT2D eigenvalue weighted by molar-refractivity contribution is 5.80.